The van der Waals surface area contributed by atoms with Crippen molar-refractivity contribution in [3.8, 4) is 0 Å². The molecule has 0 unspecified atom stereocenters. The van der Waals surface area contributed by atoms with E-state index in [-0.39, 0.29) is 5.92 Å². The highest BCUT2D eigenvalue weighted by atomic mass is 16.3. The van der Waals surface area contributed by atoms with Gasteiger partial charge in [-0.15, -0.1) is 0 Å². The lowest BCUT2D eigenvalue weighted by atomic mass is 9.72. The van der Waals surface area contributed by atoms with Crippen molar-refractivity contribution in [1.82, 2.24) is 0 Å². The molecule has 0 fully saturated rings. The van der Waals surface area contributed by atoms with Gasteiger partial charge >= 0.3 is 0 Å². The van der Waals surface area contributed by atoms with Gasteiger partial charge in [0.2, 0.25) is 0 Å². The van der Waals surface area contributed by atoms with Crippen molar-refractivity contribution >= 4 is 5.57 Å². The molecule has 0 spiro atoms. The van der Waals surface area contributed by atoms with Gasteiger partial charge in [0, 0.05) is 5.41 Å². The van der Waals surface area contributed by atoms with Crippen molar-refractivity contribution in [2.45, 2.75) is 66.6 Å². The second-order valence-electron chi connectivity index (χ2n) is 7.69. The Labute approximate surface area is 135 Å². The Morgan fingerprint density at radius 2 is 1.64 bits per heavy atom. The normalized spacial score (nSPS) is 15.2. The highest BCUT2D eigenvalue weighted by Gasteiger charge is 2.38. The molecule has 0 aliphatic carbocycles. The summed E-state index contributed by atoms with van der Waals surface area (Å²) in [5.41, 5.74) is 3.38. The highest BCUT2D eigenvalue weighted by Crippen LogP contribution is 2.41. The van der Waals surface area contributed by atoms with E-state index in [4.69, 9.17) is 0 Å². The molecule has 1 aromatic rings. The third kappa shape index (κ3) is 3.80. The molecule has 2 heteroatoms. The number of benzene rings is 1. The highest BCUT2D eigenvalue weighted by molar-refractivity contribution is 5.66. The smallest absolute Gasteiger partial charge is 0.0871 e. The monoisotopic (exact) mass is 304 g/mol. The molecule has 2 N–H and O–H groups in total. The molecule has 0 aliphatic heterocycles. The van der Waals surface area contributed by atoms with E-state index in [2.05, 4.69) is 32.6 Å². The van der Waals surface area contributed by atoms with Crippen LogP contribution in [0.15, 0.2) is 24.8 Å². The number of hydrogen-bond acceptors (Lipinski definition) is 2. The summed E-state index contributed by atoms with van der Waals surface area (Å²) < 4.78 is 0. The largest absolute Gasteiger partial charge is 0.392 e. The van der Waals surface area contributed by atoms with Crippen molar-refractivity contribution < 1.29 is 10.2 Å². The maximum absolute atomic E-state index is 10.9. The summed E-state index contributed by atoms with van der Waals surface area (Å²) >= 11 is 0. The summed E-state index contributed by atoms with van der Waals surface area (Å²) in [5.74, 6) is 0.520. The van der Waals surface area contributed by atoms with E-state index in [0.29, 0.717) is 5.92 Å². The van der Waals surface area contributed by atoms with Gasteiger partial charge < -0.3 is 10.2 Å². The number of aliphatic hydroxyl groups is 2. The molecule has 1 aromatic carbocycles. The van der Waals surface area contributed by atoms with Gasteiger partial charge in [-0.2, -0.15) is 0 Å². The molecule has 0 saturated carbocycles. The molecule has 124 valence electrons. The lowest BCUT2D eigenvalue weighted by Crippen LogP contribution is -2.39. The summed E-state index contributed by atoms with van der Waals surface area (Å²) in [7, 11) is 0. The van der Waals surface area contributed by atoms with E-state index >= 15 is 0 Å². The van der Waals surface area contributed by atoms with E-state index in [1.54, 1.807) is 0 Å². The van der Waals surface area contributed by atoms with Crippen molar-refractivity contribution in [2.24, 2.45) is 11.3 Å². The minimum atomic E-state index is -0.738. The van der Waals surface area contributed by atoms with Gasteiger partial charge in [0.1, 0.15) is 0 Å². The van der Waals surface area contributed by atoms with Gasteiger partial charge in [-0.25, -0.2) is 0 Å². The first kappa shape index (κ1) is 18.9. The summed E-state index contributed by atoms with van der Waals surface area (Å²) in [6, 6.07) is 6.16. The Morgan fingerprint density at radius 1 is 1.09 bits per heavy atom. The van der Waals surface area contributed by atoms with Crippen LogP contribution in [0.3, 0.4) is 0 Å². The van der Waals surface area contributed by atoms with Crippen molar-refractivity contribution in [1.29, 1.82) is 0 Å². The maximum atomic E-state index is 10.9. The van der Waals surface area contributed by atoms with Crippen LogP contribution in [0.1, 0.15) is 77.2 Å². The van der Waals surface area contributed by atoms with Gasteiger partial charge in [-0.1, -0.05) is 71.9 Å². The molecule has 1 rings (SSSR count). The Hall–Kier alpha value is -1.12. The molecular formula is C20H32O2. The first-order valence-electron chi connectivity index (χ1n) is 8.16. The molecule has 0 radical (unpaired) electrons. The Morgan fingerprint density at radius 3 is 2.05 bits per heavy atom. The third-order valence-electron chi connectivity index (χ3n) is 4.60. The standard InChI is InChI=1S/C20H32O2/c1-12(2)15-9-10-16(17(11-15)13(3)4)19(22)20(7,8)18(21)14(5)6/h9-12,14,18-19,21-22H,3H2,1-2,4-8H3/t18-,19-/m1/s1. The summed E-state index contributed by atoms with van der Waals surface area (Å²) in [6.45, 7) is 18.1. The van der Waals surface area contributed by atoms with Crippen LogP contribution in [0.25, 0.3) is 5.57 Å². The van der Waals surface area contributed by atoms with E-state index in [0.717, 1.165) is 16.7 Å². The zero-order chi connectivity index (χ0) is 17.2. The zero-order valence-electron chi connectivity index (χ0n) is 15.1. The topological polar surface area (TPSA) is 40.5 Å². The molecule has 0 heterocycles. The van der Waals surface area contributed by atoms with Crippen LogP contribution in [0.4, 0.5) is 0 Å². The first-order chi connectivity index (χ1) is 10.00. The van der Waals surface area contributed by atoms with Gasteiger partial charge in [-0.3, -0.25) is 0 Å². The second kappa shape index (κ2) is 6.97. The Bertz CT molecular complexity index is 527. The average molecular weight is 304 g/mol. The fraction of sp³-hybridized carbons (Fsp3) is 0.600. The summed E-state index contributed by atoms with van der Waals surface area (Å²) in [5, 5.41) is 21.4. The van der Waals surface area contributed by atoms with Crippen LogP contribution < -0.4 is 0 Å². The van der Waals surface area contributed by atoms with E-state index in [9.17, 15) is 10.2 Å². The Kier molecular flexibility index (Phi) is 6.00. The lowest BCUT2D eigenvalue weighted by Gasteiger charge is -2.38. The SMILES string of the molecule is C=C(C)c1cc(C(C)C)ccc1[C@@H](O)C(C)(C)[C@H](O)C(C)C. The molecule has 0 aromatic heterocycles. The zero-order valence-corrected chi connectivity index (χ0v) is 15.1. The average Bonchev–Trinajstić information content (AvgIpc) is 2.44. The predicted molar refractivity (Wildman–Crippen MR) is 94.8 cm³/mol. The van der Waals surface area contributed by atoms with Gasteiger partial charge in [0.25, 0.3) is 0 Å². The Balaban J connectivity index is 3.33. The first-order valence-corrected chi connectivity index (χ1v) is 8.16. The fourth-order valence-electron chi connectivity index (χ4n) is 2.96. The minimum absolute atomic E-state index is 0.0906. The molecule has 0 saturated heterocycles. The number of allylic oxidation sites excluding steroid dienone is 1. The third-order valence-corrected chi connectivity index (χ3v) is 4.60. The maximum Gasteiger partial charge on any atom is 0.0871 e. The molecule has 0 amide bonds. The summed E-state index contributed by atoms with van der Waals surface area (Å²) in [4.78, 5) is 0. The van der Waals surface area contributed by atoms with Crippen molar-refractivity contribution in [3.05, 3.63) is 41.5 Å². The van der Waals surface area contributed by atoms with Gasteiger partial charge in [0.15, 0.2) is 0 Å². The molecule has 22 heavy (non-hydrogen) atoms. The number of aliphatic hydroxyl groups excluding tert-OH is 2. The van der Waals surface area contributed by atoms with Crippen LogP contribution in [-0.2, 0) is 0 Å². The van der Waals surface area contributed by atoms with Crippen LogP contribution in [0.2, 0.25) is 0 Å². The van der Waals surface area contributed by atoms with Gasteiger partial charge in [0.05, 0.1) is 12.2 Å². The predicted octanol–water partition coefficient (Wildman–Crippen LogP) is 4.92. The lowest BCUT2D eigenvalue weighted by molar-refractivity contribution is -0.0696. The molecule has 2 atom stereocenters. The van der Waals surface area contributed by atoms with Crippen molar-refractivity contribution in [3.63, 3.8) is 0 Å². The summed E-state index contributed by atoms with van der Waals surface area (Å²) in [6.07, 6.45) is -1.32. The van der Waals surface area contributed by atoms with Gasteiger partial charge in [-0.05, 0) is 35.4 Å². The van der Waals surface area contributed by atoms with E-state index in [1.807, 2.05) is 40.7 Å². The van der Waals surface area contributed by atoms with Crippen LogP contribution in [0.5, 0.6) is 0 Å². The fourth-order valence-corrected chi connectivity index (χ4v) is 2.96. The minimum Gasteiger partial charge on any atom is -0.392 e. The van der Waals surface area contributed by atoms with E-state index in [1.165, 1.54) is 5.56 Å². The molecule has 0 bridgehead atoms. The molecular weight excluding hydrogens is 272 g/mol. The van der Waals surface area contributed by atoms with Crippen LogP contribution >= 0.6 is 0 Å². The second-order valence-corrected chi connectivity index (χ2v) is 7.69. The number of rotatable bonds is 6. The molecule has 0 aliphatic rings. The van der Waals surface area contributed by atoms with E-state index < -0.39 is 17.6 Å². The number of hydrogen-bond donors (Lipinski definition) is 2. The van der Waals surface area contributed by atoms with Crippen LogP contribution in [-0.4, -0.2) is 16.3 Å². The van der Waals surface area contributed by atoms with Crippen LogP contribution in [0, 0.1) is 11.3 Å². The van der Waals surface area contributed by atoms with Crippen molar-refractivity contribution in [2.75, 3.05) is 0 Å². The molecule has 2 nitrogen and oxygen atoms in total. The quantitative estimate of drug-likeness (QED) is 0.783.